The van der Waals surface area contributed by atoms with Crippen LogP contribution in [0.2, 0.25) is 5.02 Å². The molecule has 124 valence electrons. The molecule has 1 aliphatic rings. The molecule has 0 fully saturated rings. The van der Waals surface area contributed by atoms with Gasteiger partial charge < -0.3 is 10.6 Å². The smallest absolute Gasteiger partial charge is 0.331 e. The zero-order valence-electron chi connectivity index (χ0n) is 11.9. The molecule has 1 amide bonds. The summed E-state index contributed by atoms with van der Waals surface area (Å²) in [6, 6.07) is 10.7. The number of nitrogens with zero attached hydrogens (tertiary/aromatic N) is 2. The van der Waals surface area contributed by atoms with Crippen molar-refractivity contribution in [1.29, 1.82) is 0 Å². The van der Waals surface area contributed by atoms with E-state index in [0.29, 0.717) is 5.56 Å². The topological polar surface area (TPSA) is 66.4 Å². The Morgan fingerprint density at radius 3 is 2.42 bits per heavy atom. The van der Waals surface area contributed by atoms with Crippen LogP contribution >= 0.6 is 11.6 Å². The first-order chi connectivity index (χ1) is 11.3. The van der Waals surface area contributed by atoms with E-state index in [4.69, 9.17) is 11.6 Å². The number of amides is 1. The summed E-state index contributed by atoms with van der Waals surface area (Å²) < 4.78 is 40.9. The fourth-order valence-electron chi connectivity index (χ4n) is 2.16. The molecule has 5 nitrogen and oxygen atoms in total. The normalized spacial score (nSPS) is 20.5. The van der Waals surface area contributed by atoms with Crippen LogP contribution in [0.15, 0.2) is 53.7 Å². The summed E-state index contributed by atoms with van der Waals surface area (Å²) in [4.78, 5) is 19.5. The van der Waals surface area contributed by atoms with Crippen LogP contribution in [0.5, 0.6) is 0 Å². The number of aromatic nitrogens is 1. The van der Waals surface area contributed by atoms with Gasteiger partial charge in [0.2, 0.25) is 0 Å². The van der Waals surface area contributed by atoms with Crippen molar-refractivity contribution in [3.63, 3.8) is 0 Å². The minimum atomic E-state index is -4.98. The van der Waals surface area contributed by atoms with Gasteiger partial charge in [0.15, 0.2) is 0 Å². The zero-order chi connectivity index (χ0) is 17.4. The van der Waals surface area contributed by atoms with Crippen LogP contribution in [0, 0.1) is 0 Å². The Bertz CT molecular complexity index is 793. The number of benzene rings is 1. The van der Waals surface area contributed by atoms with Gasteiger partial charge in [-0.05, 0) is 12.1 Å². The van der Waals surface area contributed by atoms with Gasteiger partial charge in [0.25, 0.3) is 5.91 Å². The number of amidine groups is 1. The lowest BCUT2D eigenvalue weighted by molar-refractivity contribution is -0.181. The van der Waals surface area contributed by atoms with Gasteiger partial charge in [0.05, 0.1) is 5.02 Å². The fraction of sp³-hybridized carbons (Fsp3) is 0.133. The number of hydrogen-bond donors (Lipinski definition) is 2. The molecule has 24 heavy (non-hydrogen) atoms. The Kier molecular flexibility index (Phi) is 3.92. The molecule has 2 N–H and O–H groups in total. The average molecular weight is 355 g/mol. The molecule has 1 aliphatic heterocycles. The van der Waals surface area contributed by atoms with Gasteiger partial charge in [-0.25, -0.2) is 9.98 Å². The Morgan fingerprint density at radius 2 is 1.83 bits per heavy atom. The number of rotatable bonds is 3. The number of carbonyl (C=O) groups excluding carboxylic acids is 1. The van der Waals surface area contributed by atoms with Crippen LogP contribution < -0.4 is 10.6 Å². The highest BCUT2D eigenvalue weighted by molar-refractivity contribution is 6.30. The quantitative estimate of drug-likeness (QED) is 0.890. The van der Waals surface area contributed by atoms with Crippen molar-refractivity contribution in [1.82, 2.24) is 10.3 Å². The van der Waals surface area contributed by atoms with Crippen LogP contribution in [0.4, 0.5) is 19.0 Å². The minimum absolute atomic E-state index is 0.167. The first-order valence-electron chi connectivity index (χ1n) is 6.75. The molecule has 1 aromatic heterocycles. The highest BCUT2D eigenvalue weighted by atomic mass is 35.5. The molecule has 0 radical (unpaired) electrons. The number of carbonyl (C=O) groups is 1. The molecule has 2 aromatic rings. The van der Waals surface area contributed by atoms with Crippen LogP contribution in [0.25, 0.3) is 0 Å². The molecule has 1 atom stereocenters. The summed E-state index contributed by atoms with van der Waals surface area (Å²) in [6.07, 6.45) is -3.81. The molecule has 0 spiro atoms. The standard InChI is InChI=1S/C15H10ClF3N4O/c16-10-6-7-11(20-8-10)22-14(15(17,18)19)13(24)21-12(23-14)9-4-2-1-3-5-9/h1-8H,(H,20,22)(H,21,23,24)/t14-/m1/s1. The second-order valence-electron chi connectivity index (χ2n) is 4.98. The monoisotopic (exact) mass is 354 g/mol. The van der Waals surface area contributed by atoms with Crippen LogP contribution in [0.1, 0.15) is 5.56 Å². The number of pyridine rings is 1. The molecule has 3 rings (SSSR count). The van der Waals surface area contributed by atoms with Gasteiger partial charge in [-0.1, -0.05) is 41.9 Å². The van der Waals surface area contributed by atoms with Crippen molar-refractivity contribution in [2.75, 3.05) is 5.32 Å². The number of nitrogens with one attached hydrogen (secondary N) is 2. The van der Waals surface area contributed by atoms with Gasteiger partial charge >= 0.3 is 11.8 Å². The Balaban J connectivity index is 2.04. The van der Waals surface area contributed by atoms with E-state index in [1.807, 2.05) is 0 Å². The lowest BCUT2D eigenvalue weighted by Crippen LogP contribution is -2.57. The SMILES string of the molecule is O=C1NC(c2ccccc2)=N[C@@]1(Nc1ccc(Cl)cn1)C(F)(F)F. The maximum atomic E-state index is 13.6. The van der Waals surface area contributed by atoms with Crippen molar-refractivity contribution in [2.45, 2.75) is 11.8 Å². The fourth-order valence-corrected chi connectivity index (χ4v) is 2.27. The van der Waals surface area contributed by atoms with Crippen molar-refractivity contribution >= 4 is 29.2 Å². The van der Waals surface area contributed by atoms with E-state index in [0.717, 1.165) is 0 Å². The third kappa shape index (κ3) is 2.80. The summed E-state index contributed by atoms with van der Waals surface area (Å²) in [5.41, 5.74) is -2.79. The molecule has 0 saturated heterocycles. The molecule has 0 aliphatic carbocycles. The summed E-state index contributed by atoms with van der Waals surface area (Å²) in [5, 5.41) is 4.51. The number of anilines is 1. The number of hydrogen-bond acceptors (Lipinski definition) is 4. The molecular formula is C15H10ClF3N4O. The maximum absolute atomic E-state index is 13.6. The molecule has 9 heteroatoms. The molecule has 1 aromatic carbocycles. The van der Waals surface area contributed by atoms with E-state index >= 15 is 0 Å². The molecule has 2 heterocycles. The van der Waals surface area contributed by atoms with E-state index in [1.54, 1.807) is 30.3 Å². The van der Waals surface area contributed by atoms with Gasteiger partial charge in [0, 0.05) is 11.8 Å². The number of alkyl halides is 3. The van der Waals surface area contributed by atoms with Gasteiger partial charge in [-0.3, -0.25) is 4.79 Å². The van der Waals surface area contributed by atoms with E-state index in [9.17, 15) is 18.0 Å². The van der Waals surface area contributed by atoms with Crippen molar-refractivity contribution in [3.8, 4) is 0 Å². The second kappa shape index (κ2) is 5.79. The van der Waals surface area contributed by atoms with Crippen molar-refractivity contribution < 1.29 is 18.0 Å². The van der Waals surface area contributed by atoms with Gasteiger partial charge in [-0.15, -0.1) is 0 Å². The summed E-state index contributed by atoms with van der Waals surface area (Å²) >= 11 is 5.67. The van der Waals surface area contributed by atoms with E-state index < -0.39 is 17.7 Å². The summed E-state index contributed by atoms with van der Waals surface area (Å²) in [7, 11) is 0. The zero-order valence-corrected chi connectivity index (χ0v) is 12.7. The first kappa shape index (κ1) is 16.3. The van der Waals surface area contributed by atoms with Crippen LogP contribution in [-0.4, -0.2) is 28.6 Å². The molecule has 0 saturated carbocycles. The Morgan fingerprint density at radius 1 is 1.12 bits per heavy atom. The average Bonchev–Trinajstić information content (AvgIpc) is 2.88. The third-order valence-electron chi connectivity index (χ3n) is 3.33. The third-order valence-corrected chi connectivity index (χ3v) is 3.56. The highest BCUT2D eigenvalue weighted by Crippen LogP contribution is 2.37. The minimum Gasteiger partial charge on any atom is -0.331 e. The summed E-state index contributed by atoms with van der Waals surface area (Å²) in [6.45, 7) is 0. The first-order valence-corrected chi connectivity index (χ1v) is 7.13. The van der Waals surface area contributed by atoms with E-state index in [1.165, 1.54) is 18.3 Å². The predicted octanol–water partition coefficient (Wildman–Crippen LogP) is 2.98. The number of halogens is 4. The van der Waals surface area contributed by atoms with Crippen LogP contribution in [-0.2, 0) is 4.79 Å². The molecule has 0 bridgehead atoms. The molecular weight excluding hydrogens is 345 g/mol. The Labute approximate surface area is 139 Å². The van der Waals surface area contributed by atoms with Crippen molar-refractivity contribution in [3.05, 3.63) is 59.2 Å². The second-order valence-corrected chi connectivity index (χ2v) is 5.41. The maximum Gasteiger partial charge on any atom is 0.442 e. The lowest BCUT2D eigenvalue weighted by Gasteiger charge is -2.27. The molecule has 0 unspecified atom stereocenters. The number of aliphatic imine (C=N–C) groups is 1. The largest absolute Gasteiger partial charge is 0.442 e. The lowest BCUT2D eigenvalue weighted by atomic mass is 10.1. The summed E-state index contributed by atoms with van der Waals surface area (Å²) in [5.74, 6) is -1.67. The van der Waals surface area contributed by atoms with Gasteiger partial charge in [0.1, 0.15) is 11.7 Å². The van der Waals surface area contributed by atoms with E-state index in [2.05, 4.69) is 20.6 Å². The Hall–Kier alpha value is -2.61. The van der Waals surface area contributed by atoms with Gasteiger partial charge in [-0.2, -0.15) is 13.2 Å². The predicted molar refractivity (Wildman–Crippen MR) is 82.8 cm³/mol. The highest BCUT2D eigenvalue weighted by Gasteiger charge is 2.64. The van der Waals surface area contributed by atoms with Crippen molar-refractivity contribution in [2.24, 2.45) is 4.99 Å². The van der Waals surface area contributed by atoms with Crippen LogP contribution in [0.3, 0.4) is 0 Å². The van der Waals surface area contributed by atoms with E-state index in [-0.39, 0.29) is 16.7 Å².